The zero-order chi connectivity index (χ0) is 11.1. The Kier molecular flexibility index (Phi) is 5.60. The Morgan fingerprint density at radius 3 is 2.43 bits per heavy atom. The van der Waals surface area contributed by atoms with Crippen molar-refractivity contribution in [3.05, 3.63) is 12.7 Å². The summed E-state index contributed by atoms with van der Waals surface area (Å²) in [6, 6.07) is -0.626. The first-order valence-electron chi connectivity index (χ1n) is 4.67. The molecule has 0 aromatic rings. The van der Waals surface area contributed by atoms with Gasteiger partial charge < -0.3 is 11.1 Å². The molecule has 1 atom stereocenters. The summed E-state index contributed by atoms with van der Waals surface area (Å²) in [5, 5.41) is 2.56. The fourth-order valence-corrected chi connectivity index (χ4v) is 1.04. The van der Waals surface area contributed by atoms with Gasteiger partial charge in [0.15, 0.2) is 0 Å². The lowest BCUT2D eigenvalue weighted by atomic mass is 10.1. The van der Waals surface area contributed by atoms with E-state index in [0.717, 1.165) is 0 Å². The molecule has 4 heteroatoms. The maximum absolute atomic E-state index is 11.3. The number of hydrogen-bond acceptors (Lipinski definition) is 2. The number of nitrogens with one attached hydrogen (secondary N) is 1. The van der Waals surface area contributed by atoms with Crippen LogP contribution in [0.5, 0.6) is 0 Å². The number of rotatable bonds is 6. The minimum atomic E-state index is -0.626. The van der Waals surface area contributed by atoms with Crippen LogP contribution in [0.4, 0.5) is 0 Å². The van der Waals surface area contributed by atoms with Crippen LogP contribution in [0.25, 0.3) is 0 Å². The molecule has 80 valence electrons. The molecule has 0 spiro atoms. The van der Waals surface area contributed by atoms with Crippen LogP contribution in [-0.2, 0) is 9.59 Å². The molecule has 2 amide bonds. The molecular formula is C10H18N2O2. The van der Waals surface area contributed by atoms with Crippen LogP contribution in [-0.4, -0.2) is 17.9 Å². The van der Waals surface area contributed by atoms with Crippen LogP contribution in [0, 0.1) is 5.92 Å². The largest absolute Gasteiger partial charge is 0.368 e. The molecule has 0 saturated heterocycles. The number of carbonyl (C=O) groups excluding carboxylic acids is 2. The third-order valence-corrected chi connectivity index (χ3v) is 1.67. The van der Waals surface area contributed by atoms with E-state index in [1.165, 1.54) is 0 Å². The first-order valence-corrected chi connectivity index (χ1v) is 4.67. The van der Waals surface area contributed by atoms with Gasteiger partial charge in [-0.05, 0) is 12.3 Å². The number of hydrogen-bond donors (Lipinski definition) is 2. The van der Waals surface area contributed by atoms with Crippen molar-refractivity contribution in [2.75, 3.05) is 0 Å². The van der Waals surface area contributed by atoms with Gasteiger partial charge in [-0.1, -0.05) is 19.9 Å². The molecule has 0 bridgehead atoms. The highest BCUT2D eigenvalue weighted by atomic mass is 16.2. The molecule has 0 aliphatic heterocycles. The molecule has 0 heterocycles. The molecule has 4 nitrogen and oxygen atoms in total. The van der Waals surface area contributed by atoms with Crippen LogP contribution in [0.15, 0.2) is 12.7 Å². The van der Waals surface area contributed by atoms with Crippen molar-refractivity contribution in [1.82, 2.24) is 5.32 Å². The molecule has 0 radical (unpaired) electrons. The molecule has 14 heavy (non-hydrogen) atoms. The zero-order valence-electron chi connectivity index (χ0n) is 8.75. The summed E-state index contributed by atoms with van der Waals surface area (Å²) in [6.45, 7) is 7.37. The zero-order valence-corrected chi connectivity index (χ0v) is 8.75. The maximum atomic E-state index is 11.3. The highest BCUT2D eigenvalue weighted by Crippen LogP contribution is 2.00. The fourth-order valence-electron chi connectivity index (χ4n) is 1.04. The van der Waals surface area contributed by atoms with Crippen molar-refractivity contribution in [3.63, 3.8) is 0 Å². The van der Waals surface area contributed by atoms with E-state index in [4.69, 9.17) is 5.73 Å². The van der Waals surface area contributed by atoms with Crippen molar-refractivity contribution in [3.8, 4) is 0 Å². The summed E-state index contributed by atoms with van der Waals surface area (Å²) in [4.78, 5) is 22.2. The smallest absolute Gasteiger partial charge is 0.240 e. The molecule has 0 fully saturated rings. The summed E-state index contributed by atoms with van der Waals surface area (Å²) in [7, 11) is 0. The highest BCUT2D eigenvalue weighted by Gasteiger charge is 2.16. The Morgan fingerprint density at radius 2 is 2.07 bits per heavy atom. The van der Waals surface area contributed by atoms with Gasteiger partial charge in [0, 0.05) is 6.42 Å². The summed E-state index contributed by atoms with van der Waals surface area (Å²) in [6.07, 6.45) is 2.34. The van der Waals surface area contributed by atoms with Gasteiger partial charge in [0.25, 0.3) is 0 Å². The lowest BCUT2D eigenvalue weighted by Gasteiger charge is -2.14. The van der Waals surface area contributed by atoms with Crippen molar-refractivity contribution >= 4 is 11.8 Å². The fraction of sp³-hybridized carbons (Fsp3) is 0.600. The van der Waals surface area contributed by atoms with Gasteiger partial charge in [-0.15, -0.1) is 6.58 Å². The maximum Gasteiger partial charge on any atom is 0.240 e. The Hall–Kier alpha value is -1.32. The normalized spacial score (nSPS) is 12.2. The number of primary amides is 1. The van der Waals surface area contributed by atoms with Gasteiger partial charge in [0.1, 0.15) is 6.04 Å². The predicted molar refractivity (Wildman–Crippen MR) is 55.4 cm³/mol. The van der Waals surface area contributed by atoms with Crippen LogP contribution in [0.2, 0.25) is 0 Å². The van der Waals surface area contributed by atoms with E-state index in [2.05, 4.69) is 11.9 Å². The molecule has 0 unspecified atom stereocenters. The lowest BCUT2D eigenvalue weighted by Crippen LogP contribution is -2.44. The van der Waals surface area contributed by atoms with Crippen molar-refractivity contribution in [1.29, 1.82) is 0 Å². The van der Waals surface area contributed by atoms with Crippen molar-refractivity contribution in [2.45, 2.75) is 32.7 Å². The first kappa shape index (κ1) is 12.7. The summed E-state index contributed by atoms with van der Waals surface area (Å²) >= 11 is 0. The van der Waals surface area contributed by atoms with Crippen LogP contribution < -0.4 is 11.1 Å². The van der Waals surface area contributed by atoms with Crippen LogP contribution >= 0.6 is 0 Å². The van der Waals surface area contributed by atoms with E-state index in [-0.39, 0.29) is 11.8 Å². The molecule has 0 aliphatic rings. The molecule has 0 aromatic carbocycles. The second kappa shape index (κ2) is 6.18. The molecule has 3 N–H and O–H groups in total. The number of nitrogens with two attached hydrogens (primary N) is 1. The van der Waals surface area contributed by atoms with Gasteiger partial charge in [-0.3, -0.25) is 9.59 Å². The Balaban J connectivity index is 4.09. The van der Waals surface area contributed by atoms with Crippen LogP contribution in [0.3, 0.4) is 0 Å². The third-order valence-electron chi connectivity index (χ3n) is 1.67. The molecule has 0 aromatic heterocycles. The summed E-state index contributed by atoms with van der Waals surface area (Å²) < 4.78 is 0. The van der Waals surface area contributed by atoms with Gasteiger partial charge in [-0.25, -0.2) is 0 Å². The first-order chi connectivity index (χ1) is 6.47. The Labute approximate surface area is 84.5 Å². The second-order valence-corrected chi connectivity index (χ2v) is 3.64. The molecule has 0 rings (SSSR count). The van der Waals surface area contributed by atoms with E-state index >= 15 is 0 Å². The van der Waals surface area contributed by atoms with Gasteiger partial charge in [0.2, 0.25) is 11.8 Å². The standard InChI is InChI=1S/C10H18N2O2/c1-4-5-8(10(11)14)12-9(13)6-7(2)3/h4,7-8H,1,5-6H2,2-3H3,(H2,11,14)(H,12,13)/t8-/m0/s1. The minimum Gasteiger partial charge on any atom is -0.368 e. The lowest BCUT2D eigenvalue weighted by molar-refractivity contribution is -0.127. The number of amides is 2. The SMILES string of the molecule is C=CC[C@H](NC(=O)CC(C)C)C(N)=O. The van der Waals surface area contributed by atoms with E-state index in [0.29, 0.717) is 12.8 Å². The quantitative estimate of drug-likeness (QED) is 0.613. The minimum absolute atomic E-state index is 0.148. The summed E-state index contributed by atoms with van der Waals surface area (Å²) in [5.41, 5.74) is 5.10. The van der Waals surface area contributed by atoms with E-state index < -0.39 is 11.9 Å². The Bertz CT molecular complexity index is 224. The average molecular weight is 198 g/mol. The van der Waals surface area contributed by atoms with Crippen molar-refractivity contribution in [2.24, 2.45) is 11.7 Å². The topological polar surface area (TPSA) is 72.2 Å². The van der Waals surface area contributed by atoms with Gasteiger partial charge in [-0.2, -0.15) is 0 Å². The van der Waals surface area contributed by atoms with E-state index in [1.54, 1.807) is 6.08 Å². The molecule has 0 saturated carbocycles. The average Bonchev–Trinajstić information content (AvgIpc) is 2.01. The molecular weight excluding hydrogens is 180 g/mol. The highest BCUT2D eigenvalue weighted by molar-refractivity contribution is 5.86. The van der Waals surface area contributed by atoms with Gasteiger partial charge >= 0.3 is 0 Å². The molecule has 0 aliphatic carbocycles. The van der Waals surface area contributed by atoms with E-state index in [1.807, 2.05) is 13.8 Å². The Morgan fingerprint density at radius 1 is 1.50 bits per heavy atom. The predicted octanol–water partition coefficient (Wildman–Crippen LogP) is 0.579. The van der Waals surface area contributed by atoms with Crippen LogP contribution in [0.1, 0.15) is 26.7 Å². The third kappa shape index (κ3) is 5.35. The summed E-state index contributed by atoms with van der Waals surface area (Å²) in [5.74, 6) is -0.403. The van der Waals surface area contributed by atoms with E-state index in [9.17, 15) is 9.59 Å². The second-order valence-electron chi connectivity index (χ2n) is 3.64. The number of carbonyl (C=O) groups is 2. The monoisotopic (exact) mass is 198 g/mol. The van der Waals surface area contributed by atoms with Crippen molar-refractivity contribution < 1.29 is 9.59 Å². The van der Waals surface area contributed by atoms with Gasteiger partial charge in [0.05, 0.1) is 0 Å².